The Balaban J connectivity index is 1.40. The van der Waals surface area contributed by atoms with Gasteiger partial charge in [0.15, 0.2) is 10.9 Å². The van der Waals surface area contributed by atoms with Crippen molar-refractivity contribution in [3.63, 3.8) is 0 Å². The van der Waals surface area contributed by atoms with Gasteiger partial charge in [-0.05, 0) is 43.1 Å². The summed E-state index contributed by atoms with van der Waals surface area (Å²) in [4.78, 5) is 14.9. The summed E-state index contributed by atoms with van der Waals surface area (Å²) in [5, 5.41) is 15.9. The summed E-state index contributed by atoms with van der Waals surface area (Å²) >= 11 is 11.7. The molecule has 1 amide bonds. The van der Waals surface area contributed by atoms with Crippen LogP contribution in [0.5, 0.6) is 0 Å². The normalized spacial score (nSPS) is 13.8. The van der Waals surface area contributed by atoms with Gasteiger partial charge in [-0.3, -0.25) is 14.2 Å². The Hall–Kier alpha value is -2.91. The molecule has 0 spiro atoms. The Kier molecular flexibility index (Phi) is 6.53. The molecule has 0 aliphatic carbocycles. The number of hydrogen-bond donors (Lipinski definition) is 2. The van der Waals surface area contributed by atoms with Gasteiger partial charge in [-0.2, -0.15) is 10.2 Å². The zero-order chi connectivity index (χ0) is 21.8. The molecule has 31 heavy (non-hydrogen) atoms. The van der Waals surface area contributed by atoms with Gasteiger partial charge >= 0.3 is 0 Å². The van der Waals surface area contributed by atoms with Gasteiger partial charge in [0.1, 0.15) is 5.69 Å². The predicted octanol–water partition coefficient (Wildman–Crippen LogP) is 3.75. The Morgan fingerprint density at radius 2 is 1.94 bits per heavy atom. The van der Waals surface area contributed by atoms with Crippen LogP contribution in [0, 0.1) is 0 Å². The first-order valence-electron chi connectivity index (χ1n) is 10.2. The van der Waals surface area contributed by atoms with Crippen molar-refractivity contribution in [1.29, 1.82) is 0 Å². The van der Waals surface area contributed by atoms with Crippen LogP contribution in [0.25, 0.3) is 0 Å². The first kappa shape index (κ1) is 21.3. The van der Waals surface area contributed by atoms with Crippen LogP contribution in [-0.2, 0) is 13.6 Å². The summed E-state index contributed by atoms with van der Waals surface area (Å²) in [6.07, 6.45) is 6.69. The van der Waals surface area contributed by atoms with Crippen LogP contribution in [-0.4, -0.2) is 48.6 Å². The Bertz CT molecular complexity index is 1090. The maximum absolute atomic E-state index is 13.0. The highest BCUT2D eigenvalue weighted by Crippen LogP contribution is 2.20. The molecule has 2 aromatic heterocycles. The fraction of sp³-hybridized carbons (Fsp3) is 0.333. The van der Waals surface area contributed by atoms with E-state index in [1.165, 1.54) is 0 Å². The number of aromatic nitrogens is 4. The summed E-state index contributed by atoms with van der Waals surface area (Å²) in [6, 6.07) is 9.49. The van der Waals surface area contributed by atoms with E-state index < -0.39 is 0 Å². The monoisotopic (exact) mass is 457 g/mol. The topological polar surface area (TPSA) is 80.0 Å². The molecule has 1 aromatic carbocycles. The number of halogens is 1. The Morgan fingerprint density at radius 3 is 2.71 bits per heavy atom. The number of anilines is 2. The summed E-state index contributed by atoms with van der Waals surface area (Å²) < 4.78 is 3.36. The number of rotatable bonds is 5. The van der Waals surface area contributed by atoms with Crippen LogP contribution in [0.4, 0.5) is 11.5 Å². The van der Waals surface area contributed by atoms with Crippen LogP contribution < -0.4 is 10.6 Å². The van der Waals surface area contributed by atoms with Crippen molar-refractivity contribution < 1.29 is 4.79 Å². The van der Waals surface area contributed by atoms with Gasteiger partial charge in [0.2, 0.25) is 0 Å². The largest absolute Gasteiger partial charge is 0.337 e. The molecule has 1 aliphatic heterocycles. The third-order valence-electron chi connectivity index (χ3n) is 5.21. The Labute approximate surface area is 191 Å². The number of thiocarbonyl (C=S) groups is 1. The smallest absolute Gasteiger partial charge is 0.274 e. The highest BCUT2D eigenvalue weighted by Gasteiger charge is 2.24. The number of amides is 1. The lowest BCUT2D eigenvalue weighted by Gasteiger charge is -2.27. The lowest BCUT2D eigenvalue weighted by atomic mass is 10.1. The Morgan fingerprint density at radius 1 is 1.16 bits per heavy atom. The second kappa shape index (κ2) is 9.49. The molecule has 1 aliphatic rings. The molecule has 162 valence electrons. The molecular weight excluding hydrogens is 434 g/mol. The third-order valence-corrected chi connectivity index (χ3v) is 5.78. The van der Waals surface area contributed by atoms with Crippen LogP contribution in [0.15, 0.2) is 42.7 Å². The molecule has 3 heterocycles. The minimum absolute atomic E-state index is 0.0333. The number of aryl methyl sites for hydroxylation is 1. The molecule has 0 atom stereocenters. The quantitative estimate of drug-likeness (QED) is 0.568. The van der Waals surface area contributed by atoms with E-state index in [0.29, 0.717) is 33.9 Å². The molecule has 0 unspecified atom stereocenters. The van der Waals surface area contributed by atoms with E-state index >= 15 is 0 Å². The van der Waals surface area contributed by atoms with Crippen molar-refractivity contribution in [3.8, 4) is 0 Å². The molecule has 0 bridgehead atoms. The van der Waals surface area contributed by atoms with E-state index in [2.05, 4.69) is 20.8 Å². The van der Waals surface area contributed by atoms with Crippen LogP contribution in [0.2, 0.25) is 5.02 Å². The van der Waals surface area contributed by atoms with Gasteiger partial charge in [-0.1, -0.05) is 29.8 Å². The molecule has 0 radical (unpaired) electrons. The fourth-order valence-corrected chi connectivity index (χ4v) is 4.03. The first-order valence-corrected chi connectivity index (χ1v) is 11.0. The summed E-state index contributed by atoms with van der Waals surface area (Å²) in [7, 11) is 1.76. The van der Waals surface area contributed by atoms with Crippen LogP contribution in [0.3, 0.4) is 0 Å². The van der Waals surface area contributed by atoms with Crippen LogP contribution in [0.1, 0.15) is 35.3 Å². The van der Waals surface area contributed by atoms with Crippen molar-refractivity contribution in [2.24, 2.45) is 7.05 Å². The minimum atomic E-state index is -0.0333. The number of carbonyl (C=O) groups excluding carboxylic acids is 1. The zero-order valence-corrected chi connectivity index (χ0v) is 18.8. The maximum atomic E-state index is 13.0. The molecule has 8 nitrogen and oxygen atoms in total. The lowest BCUT2D eigenvalue weighted by Crippen LogP contribution is -2.37. The van der Waals surface area contributed by atoms with Gasteiger partial charge in [-0.15, -0.1) is 0 Å². The molecule has 1 fully saturated rings. The SMILES string of the molecule is Cn1ncc(NC(=S)Nc2ccn(Cc3ccccc3Cl)n2)c1C(=O)N1CCCCC1. The van der Waals surface area contributed by atoms with E-state index in [-0.39, 0.29) is 5.91 Å². The fourth-order valence-electron chi connectivity index (χ4n) is 3.62. The number of hydrogen-bond acceptors (Lipinski definition) is 4. The second-order valence-electron chi connectivity index (χ2n) is 7.45. The van der Waals surface area contributed by atoms with Crippen molar-refractivity contribution >= 4 is 46.3 Å². The van der Waals surface area contributed by atoms with Gasteiger partial charge in [0.25, 0.3) is 5.91 Å². The molecule has 2 N–H and O–H groups in total. The minimum Gasteiger partial charge on any atom is -0.337 e. The second-order valence-corrected chi connectivity index (χ2v) is 8.27. The first-order chi connectivity index (χ1) is 15.0. The predicted molar refractivity (Wildman–Crippen MR) is 126 cm³/mol. The lowest BCUT2D eigenvalue weighted by molar-refractivity contribution is 0.0714. The molecule has 0 saturated carbocycles. The van der Waals surface area contributed by atoms with E-state index in [9.17, 15) is 4.79 Å². The average molecular weight is 458 g/mol. The standard InChI is InChI=1S/C21H24ClN7OS/c1-27-19(20(30)28-10-5-2-6-11-28)17(13-23-27)24-21(31)25-18-9-12-29(26-18)14-15-7-3-4-8-16(15)22/h3-4,7-9,12-13H,2,5-6,10-11,14H2,1H3,(H2,24,25,26,31). The summed E-state index contributed by atoms with van der Waals surface area (Å²) in [5.74, 6) is 0.561. The molecule has 4 rings (SSSR count). The number of nitrogens with one attached hydrogen (secondary N) is 2. The number of nitrogens with zero attached hydrogens (tertiary/aromatic N) is 5. The van der Waals surface area contributed by atoms with Crippen molar-refractivity contribution in [1.82, 2.24) is 24.5 Å². The molecule has 10 heteroatoms. The number of likely N-dealkylation sites (tertiary alicyclic amines) is 1. The highest BCUT2D eigenvalue weighted by atomic mass is 35.5. The number of carbonyl (C=O) groups is 1. The van der Waals surface area contributed by atoms with E-state index in [1.807, 2.05) is 41.4 Å². The van der Waals surface area contributed by atoms with Gasteiger partial charge in [0.05, 0.1) is 18.4 Å². The maximum Gasteiger partial charge on any atom is 0.274 e. The molecular formula is C21H24ClN7OS. The van der Waals surface area contributed by atoms with Crippen molar-refractivity contribution in [2.45, 2.75) is 25.8 Å². The zero-order valence-electron chi connectivity index (χ0n) is 17.2. The van der Waals surface area contributed by atoms with Gasteiger partial charge < -0.3 is 15.5 Å². The number of benzene rings is 1. The molecule has 1 saturated heterocycles. The number of piperidine rings is 1. The highest BCUT2D eigenvalue weighted by molar-refractivity contribution is 7.80. The van der Waals surface area contributed by atoms with Gasteiger partial charge in [-0.25, -0.2) is 0 Å². The molecule has 3 aromatic rings. The van der Waals surface area contributed by atoms with E-state index in [4.69, 9.17) is 23.8 Å². The van der Waals surface area contributed by atoms with Crippen LogP contribution >= 0.6 is 23.8 Å². The average Bonchev–Trinajstić information content (AvgIpc) is 3.36. The third kappa shape index (κ3) is 5.05. The summed E-state index contributed by atoms with van der Waals surface area (Å²) in [6.45, 7) is 2.10. The van der Waals surface area contributed by atoms with E-state index in [1.54, 1.807) is 22.6 Å². The van der Waals surface area contributed by atoms with Crippen molar-refractivity contribution in [3.05, 3.63) is 59.0 Å². The summed E-state index contributed by atoms with van der Waals surface area (Å²) in [5.41, 5.74) is 2.05. The van der Waals surface area contributed by atoms with Gasteiger partial charge in [0, 0.05) is 37.4 Å². The van der Waals surface area contributed by atoms with Crippen molar-refractivity contribution in [2.75, 3.05) is 23.7 Å². The van der Waals surface area contributed by atoms with E-state index in [0.717, 1.165) is 37.9 Å².